The Labute approximate surface area is 185 Å². The second-order valence-corrected chi connectivity index (χ2v) is 8.14. The van der Waals surface area contributed by atoms with Crippen molar-refractivity contribution in [1.29, 1.82) is 0 Å². The van der Waals surface area contributed by atoms with Gasteiger partial charge in [0, 0.05) is 33.9 Å². The lowest BCUT2D eigenvalue weighted by Gasteiger charge is -2.10. The van der Waals surface area contributed by atoms with Crippen molar-refractivity contribution in [2.45, 2.75) is 13.5 Å². The van der Waals surface area contributed by atoms with E-state index >= 15 is 0 Å². The number of rotatable bonds is 4. The third-order valence-corrected chi connectivity index (χ3v) is 6.03. The molecule has 0 radical (unpaired) electrons. The maximum atomic E-state index is 4.14. The lowest BCUT2D eigenvalue weighted by molar-refractivity contribution is 0.869. The number of hydrogen-bond acceptors (Lipinski definition) is 3. The summed E-state index contributed by atoms with van der Waals surface area (Å²) in [5, 5.41) is 16.9. The van der Waals surface area contributed by atoms with Crippen molar-refractivity contribution in [1.82, 2.24) is 25.2 Å². The number of nitrogens with one attached hydrogen (secondary N) is 1. The van der Waals surface area contributed by atoms with Crippen molar-refractivity contribution in [3.8, 4) is 22.5 Å². The average Bonchev–Trinajstić information content (AvgIpc) is 3.47. The fraction of sp³-hybridized carbons (Fsp3) is 0.0741. The highest BCUT2D eigenvalue weighted by molar-refractivity contribution is 6.09. The first kappa shape index (κ1) is 18.5. The van der Waals surface area contributed by atoms with E-state index in [-0.39, 0.29) is 0 Å². The van der Waals surface area contributed by atoms with Crippen LogP contribution in [-0.4, -0.2) is 25.2 Å². The molecule has 2 aromatic heterocycles. The summed E-state index contributed by atoms with van der Waals surface area (Å²) in [6.07, 6.45) is 0. The summed E-state index contributed by atoms with van der Waals surface area (Å²) in [6, 6.07) is 32.4. The van der Waals surface area contributed by atoms with E-state index in [2.05, 4.69) is 123 Å². The molecular weight excluding hydrogens is 394 g/mol. The fourth-order valence-electron chi connectivity index (χ4n) is 4.43. The Morgan fingerprint density at radius 1 is 0.719 bits per heavy atom. The van der Waals surface area contributed by atoms with E-state index < -0.39 is 0 Å². The first-order valence-electron chi connectivity index (χ1n) is 10.7. The molecule has 0 saturated heterocycles. The van der Waals surface area contributed by atoms with Gasteiger partial charge in [-0.2, -0.15) is 5.21 Å². The van der Waals surface area contributed by atoms with Crippen LogP contribution in [0.3, 0.4) is 0 Å². The van der Waals surface area contributed by atoms with Crippen molar-refractivity contribution in [3.63, 3.8) is 0 Å². The molecule has 0 spiro atoms. The van der Waals surface area contributed by atoms with Gasteiger partial charge in [0.1, 0.15) is 0 Å². The summed E-state index contributed by atoms with van der Waals surface area (Å²) < 4.78 is 2.39. The molecule has 0 atom stereocenters. The first-order valence-corrected chi connectivity index (χ1v) is 10.7. The summed E-state index contributed by atoms with van der Waals surface area (Å²) in [4.78, 5) is 0. The molecule has 32 heavy (non-hydrogen) atoms. The third-order valence-electron chi connectivity index (χ3n) is 6.03. The van der Waals surface area contributed by atoms with Crippen molar-refractivity contribution in [2.75, 3.05) is 0 Å². The molecule has 0 amide bonds. The van der Waals surface area contributed by atoms with Gasteiger partial charge in [0.05, 0.1) is 0 Å². The molecule has 0 aliphatic rings. The van der Waals surface area contributed by atoms with Crippen LogP contribution in [-0.2, 0) is 6.54 Å². The summed E-state index contributed by atoms with van der Waals surface area (Å²) in [7, 11) is 0. The molecule has 0 bridgehead atoms. The molecule has 1 N–H and O–H groups in total. The lowest BCUT2D eigenvalue weighted by atomic mass is 10.0. The molecule has 0 aliphatic heterocycles. The van der Waals surface area contributed by atoms with Crippen LogP contribution in [0.1, 0.15) is 11.1 Å². The van der Waals surface area contributed by atoms with E-state index in [9.17, 15) is 0 Å². The third kappa shape index (κ3) is 3.15. The minimum Gasteiger partial charge on any atom is -0.336 e. The summed E-state index contributed by atoms with van der Waals surface area (Å²) in [5.41, 5.74) is 8.39. The van der Waals surface area contributed by atoms with Gasteiger partial charge in [-0.3, -0.25) is 0 Å². The zero-order valence-corrected chi connectivity index (χ0v) is 17.7. The molecule has 154 valence electrons. The molecule has 2 heterocycles. The molecule has 6 rings (SSSR count). The number of fused-ring (bicyclic) bond motifs is 3. The van der Waals surface area contributed by atoms with Crippen molar-refractivity contribution in [2.24, 2.45) is 0 Å². The van der Waals surface area contributed by atoms with Crippen LogP contribution in [0, 0.1) is 6.92 Å². The highest BCUT2D eigenvalue weighted by Crippen LogP contribution is 2.32. The monoisotopic (exact) mass is 415 g/mol. The van der Waals surface area contributed by atoms with Gasteiger partial charge in [-0.15, -0.1) is 10.2 Å². The molecular formula is C27H21N5. The van der Waals surface area contributed by atoms with Crippen LogP contribution in [0.15, 0.2) is 91.0 Å². The summed E-state index contributed by atoms with van der Waals surface area (Å²) in [6.45, 7) is 2.91. The SMILES string of the molecule is Cc1ccc(-c2cccc(Cn3c4ccccc4c4cc(-c5nn[nH]n5)ccc43)c2)cc1. The van der Waals surface area contributed by atoms with Crippen molar-refractivity contribution in [3.05, 3.63) is 102 Å². The molecule has 0 saturated carbocycles. The normalized spacial score (nSPS) is 11.4. The molecule has 0 fully saturated rings. The lowest BCUT2D eigenvalue weighted by Crippen LogP contribution is -1.99. The second-order valence-electron chi connectivity index (χ2n) is 8.14. The second kappa shape index (κ2) is 7.46. The maximum Gasteiger partial charge on any atom is 0.204 e. The van der Waals surface area contributed by atoms with Crippen LogP contribution < -0.4 is 0 Å². The number of aromatic amines is 1. The number of H-pyrrole nitrogens is 1. The summed E-state index contributed by atoms with van der Waals surface area (Å²) in [5.74, 6) is 0.606. The highest BCUT2D eigenvalue weighted by Gasteiger charge is 2.13. The number of nitrogens with zero attached hydrogens (tertiary/aromatic N) is 4. The number of aromatic nitrogens is 5. The Kier molecular flexibility index (Phi) is 4.32. The Bertz CT molecular complexity index is 1540. The molecule has 5 nitrogen and oxygen atoms in total. The Morgan fingerprint density at radius 3 is 2.38 bits per heavy atom. The molecule has 5 heteroatoms. The summed E-state index contributed by atoms with van der Waals surface area (Å²) >= 11 is 0. The fourth-order valence-corrected chi connectivity index (χ4v) is 4.43. The maximum absolute atomic E-state index is 4.14. The minimum absolute atomic E-state index is 0.606. The number of para-hydroxylation sites is 1. The van der Waals surface area contributed by atoms with Gasteiger partial charge >= 0.3 is 0 Å². The van der Waals surface area contributed by atoms with E-state index in [0.29, 0.717) is 5.82 Å². The number of tetrazole rings is 1. The quantitative estimate of drug-likeness (QED) is 0.384. The standard InChI is InChI=1S/C27H21N5/c1-18-9-11-20(12-10-18)21-6-4-5-19(15-21)17-32-25-8-3-2-7-23(25)24-16-22(13-14-26(24)32)27-28-30-31-29-27/h2-16H,17H2,1H3,(H,28,29,30,31). The topological polar surface area (TPSA) is 59.4 Å². The first-order chi connectivity index (χ1) is 15.8. The number of hydrogen-bond donors (Lipinski definition) is 1. The van der Waals surface area contributed by atoms with Crippen LogP contribution in [0.25, 0.3) is 44.3 Å². The van der Waals surface area contributed by atoms with Gasteiger partial charge in [0.15, 0.2) is 0 Å². The smallest absolute Gasteiger partial charge is 0.204 e. The van der Waals surface area contributed by atoms with Gasteiger partial charge in [0.25, 0.3) is 0 Å². The van der Waals surface area contributed by atoms with E-state index in [1.807, 2.05) is 0 Å². The molecule has 4 aromatic carbocycles. The molecule has 0 unspecified atom stereocenters. The Balaban J connectivity index is 1.46. The van der Waals surface area contributed by atoms with E-state index in [4.69, 9.17) is 0 Å². The van der Waals surface area contributed by atoms with Gasteiger partial charge in [0.2, 0.25) is 5.82 Å². The van der Waals surface area contributed by atoms with E-state index in [1.165, 1.54) is 44.1 Å². The molecule has 0 aliphatic carbocycles. The van der Waals surface area contributed by atoms with Crippen LogP contribution in [0.2, 0.25) is 0 Å². The van der Waals surface area contributed by atoms with Crippen LogP contribution in [0.5, 0.6) is 0 Å². The van der Waals surface area contributed by atoms with Gasteiger partial charge in [-0.05, 0) is 59.2 Å². The zero-order valence-electron chi connectivity index (χ0n) is 17.7. The van der Waals surface area contributed by atoms with Crippen molar-refractivity contribution >= 4 is 21.8 Å². The predicted molar refractivity (Wildman–Crippen MR) is 128 cm³/mol. The van der Waals surface area contributed by atoms with Crippen LogP contribution >= 0.6 is 0 Å². The van der Waals surface area contributed by atoms with Crippen molar-refractivity contribution < 1.29 is 0 Å². The predicted octanol–water partition coefficient (Wildman–Crippen LogP) is 6.00. The average molecular weight is 416 g/mol. The van der Waals surface area contributed by atoms with Gasteiger partial charge in [-0.25, -0.2) is 0 Å². The zero-order chi connectivity index (χ0) is 21.5. The van der Waals surface area contributed by atoms with Gasteiger partial charge in [-0.1, -0.05) is 66.2 Å². The number of benzene rings is 4. The van der Waals surface area contributed by atoms with E-state index in [0.717, 1.165) is 12.1 Å². The minimum atomic E-state index is 0.606. The number of aryl methyl sites for hydroxylation is 1. The largest absolute Gasteiger partial charge is 0.336 e. The van der Waals surface area contributed by atoms with E-state index in [1.54, 1.807) is 0 Å². The highest BCUT2D eigenvalue weighted by atomic mass is 15.5. The van der Waals surface area contributed by atoms with Crippen LogP contribution in [0.4, 0.5) is 0 Å². The molecule has 6 aromatic rings. The Morgan fingerprint density at radius 2 is 1.53 bits per heavy atom. The Hall–Kier alpha value is -4.25. The van der Waals surface area contributed by atoms with Gasteiger partial charge < -0.3 is 4.57 Å².